The molecular formula is C15H9BrCl2O. The molecule has 96 valence electrons. The number of halogens is 3. The van der Waals surface area contributed by atoms with E-state index in [0.29, 0.717) is 15.6 Å². The quantitative estimate of drug-likeness (QED) is 0.513. The van der Waals surface area contributed by atoms with E-state index >= 15 is 0 Å². The molecule has 0 atom stereocenters. The highest BCUT2D eigenvalue weighted by Crippen LogP contribution is 2.26. The number of ketones is 1. The number of hydrogen-bond donors (Lipinski definition) is 0. The van der Waals surface area contributed by atoms with Crippen LogP contribution in [0.3, 0.4) is 0 Å². The van der Waals surface area contributed by atoms with Crippen molar-refractivity contribution >= 4 is 51.0 Å². The summed E-state index contributed by atoms with van der Waals surface area (Å²) in [7, 11) is 0. The molecule has 0 spiro atoms. The van der Waals surface area contributed by atoms with Crippen molar-refractivity contribution in [3.63, 3.8) is 0 Å². The van der Waals surface area contributed by atoms with Crippen LogP contribution in [0.4, 0.5) is 0 Å². The second kappa shape index (κ2) is 6.38. The van der Waals surface area contributed by atoms with Crippen molar-refractivity contribution in [1.29, 1.82) is 0 Å². The van der Waals surface area contributed by atoms with Crippen LogP contribution in [0.25, 0.3) is 6.08 Å². The van der Waals surface area contributed by atoms with E-state index in [1.165, 1.54) is 6.08 Å². The fourth-order valence-corrected chi connectivity index (χ4v) is 2.32. The summed E-state index contributed by atoms with van der Waals surface area (Å²) in [5, 5.41) is 0.918. The van der Waals surface area contributed by atoms with Gasteiger partial charge in [0.1, 0.15) is 0 Å². The lowest BCUT2D eigenvalue weighted by molar-refractivity contribution is 0.104. The average Bonchev–Trinajstić information content (AvgIpc) is 2.40. The number of allylic oxidation sites excluding steroid dienone is 1. The highest BCUT2D eigenvalue weighted by molar-refractivity contribution is 9.10. The molecule has 2 aromatic carbocycles. The standard InChI is InChI=1S/C15H9BrCl2O/c16-12-5-1-4-11(9-12)14(19)8-7-10-3-2-6-13(17)15(10)18/h1-9H. The van der Waals surface area contributed by atoms with Gasteiger partial charge >= 0.3 is 0 Å². The zero-order valence-electron chi connectivity index (χ0n) is 9.74. The minimum Gasteiger partial charge on any atom is -0.289 e. The van der Waals surface area contributed by atoms with Gasteiger partial charge in [0.15, 0.2) is 5.78 Å². The van der Waals surface area contributed by atoms with Crippen molar-refractivity contribution in [2.45, 2.75) is 0 Å². The Kier molecular flexibility index (Phi) is 4.81. The van der Waals surface area contributed by atoms with Gasteiger partial charge in [0, 0.05) is 10.0 Å². The van der Waals surface area contributed by atoms with Crippen molar-refractivity contribution in [3.8, 4) is 0 Å². The molecule has 0 aliphatic heterocycles. The number of hydrogen-bond acceptors (Lipinski definition) is 1. The molecule has 19 heavy (non-hydrogen) atoms. The molecule has 2 rings (SSSR count). The van der Waals surface area contributed by atoms with Crippen LogP contribution < -0.4 is 0 Å². The van der Waals surface area contributed by atoms with E-state index < -0.39 is 0 Å². The molecule has 0 amide bonds. The molecule has 0 unspecified atom stereocenters. The van der Waals surface area contributed by atoms with Crippen LogP contribution in [-0.4, -0.2) is 5.78 Å². The summed E-state index contributed by atoms with van der Waals surface area (Å²) < 4.78 is 0.868. The minimum absolute atomic E-state index is 0.0858. The molecule has 4 heteroatoms. The van der Waals surface area contributed by atoms with Gasteiger partial charge in [-0.2, -0.15) is 0 Å². The normalized spacial score (nSPS) is 10.9. The van der Waals surface area contributed by atoms with Gasteiger partial charge in [-0.25, -0.2) is 0 Å². The second-order valence-corrected chi connectivity index (χ2v) is 5.55. The maximum Gasteiger partial charge on any atom is 0.185 e. The van der Waals surface area contributed by atoms with Gasteiger partial charge in [-0.05, 0) is 35.9 Å². The first-order valence-corrected chi connectivity index (χ1v) is 7.05. The predicted octanol–water partition coefficient (Wildman–Crippen LogP) is 5.65. The fraction of sp³-hybridized carbons (Fsp3) is 0. The molecule has 0 aliphatic rings. The van der Waals surface area contributed by atoms with Crippen LogP contribution in [0.2, 0.25) is 10.0 Å². The first kappa shape index (κ1) is 14.3. The predicted molar refractivity (Wildman–Crippen MR) is 84.0 cm³/mol. The van der Waals surface area contributed by atoms with E-state index in [9.17, 15) is 4.79 Å². The molecule has 0 N–H and O–H groups in total. The molecule has 0 heterocycles. The first-order chi connectivity index (χ1) is 9.08. The van der Waals surface area contributed by atoms with E-state index in [4.69, 9.17) is 23.2 Å². The lowest BCUT2D eigenvalue weighted by atomic mass is 10.1. The molecule has 0 aromatic heterocycles. The van der Waals surface area contributed by atoms with Gasteiger partial charge in [-0.1, -0.05) is 63.4 Å². The van der Waals surface area contributed by atoms with Crippen LogP contribution in [0.5, 0.6) is 0 Å². The van der Waals surface area contributed by atoms with E-state index in [2.05, 4.69) is 15.9 Å². The van der Waals surface area contributed by atoms with E-state index in [1.54, 1.807) is 36.4 Å². The largest absolute Gasteiger partial charge is 0.289 e. The molecule has 0 radical (unpaired) electrons. The van der Waals surface area contributed by atoms with Gasteiger partial charge in [0.25, 0.3) is 0 Å². The molecule has 0 saturated carbocycles. The van der Waals surface area contributed by atoms with Gasteiger partial charge in [0.05, 0.1) is 10.0 Å². The second-order valence-electron chi connectivity index (χ2n) is 3.85. The number of rotatable bonds is 3. The Labute approximate surface area is 130 Å². The highest BCUT2D eigenvalue weighted by atomic mass is 79.9. The first-order valence-electron chi connectivity index (χ1n) is 5.50. The van der Waals surface area contributed by atoms with Gasteiger partial charge in [0.2, 0.25) is 0 Å². The van der Waals surface area contributed by atoms with Crippen molar-refractivity contribution in [2.24, 2.45) is 0 Å². The molecule has 0 saturated heterocycles. The maximum atomic E-state index is 12.0. The third kappa shape index (κ3) is 3.69. The Morgan fingerprint density at radius 3 is 2.58 bits per heavy atom. The van der Waals surface area contributed by atoms with Crippen LogP contribution >= 0.6 is 39.1 Å². The van der Waals surface area contributed by atoms with Crippen LogP contribution in [0.15, 0.2) is 53.0 Å². The molecule has 2 aromatic rings. The van der Waals surface area contributed by atoms with E-state index in [0.717, 1.165) is 10.0 Å². The number of carbonyl (C=O) groups excluding carboxylic acids is 1. The summed E-state index contributed by atoms with van der Waals surface area (Å²) in [4.78, 5) is 12.0. The Balaban J connectivity index is 2.23. The zero-order valence-corrected chi connectivity index (χ0v) is 12.8. The Hall–Kier alpha value is -1.09. The lowest BCUT2D eigenvalue weighted by Crippen LogP contribution is -1.93. The zero-order chi connectivity index (χ0) is 13.8. The molecular weight excluding hydrogens is 347 g/mol. The van der Waals surface area contributed by atoms with Gasteiger partial charge in [-0.3, -0.25) is 4.79 Å². The summed E-state index contributed by atoms with van der Waals surface area (Å²) in [5.74, 6) is -0.0858. The smallest absolute Gasteiger partial charge is 0.185 e. The SMILES string of the molecule is O=C(C=Cc1cccc(Cl)c1Cl)c1cccc(Br)c1. The molecule has 0 fully saturated rings. The summed E-state index contributed by atoms with van der Waals surface area (Å²) >= 11 is 15.3. The highest BCUT2D eigenvalue weighted by Gasteiger charge is 2.04. The lowest BCUT2D eigenvalue weighted by Gasteiger charge is -2.00. The summed E-state index contributed by atoms with van der Waals surface area (Å²) in [6.07, 6.45) is 3.15. The minimum atomic E-state index is -0.0858. The summed E-state index contributed by atoms with van der Waals surface area (Å²) in [5.41, 5.74) is 1.33. The van der Waals surface area contributed by atoms with Gasteiger partial charge < -0.3 is 0 Å². The maximum absolute atomic E-state index is 12.0. The van der Waals surface area contributed by atoms with E-state index in [1.807, 2.05) is 12.1 Å². The summed E-state index contributed by atoms with van der Waals surface area (Å²) in [6.45, 7) is 0. The summed E-state index contributed by atoms with van der Waals surface area (Å²) in [6, 6.07) is 12.5. The molecule has 0 aliphatic carbocycles. The van der Waals surface area contributed by atoms with Crippen LogP contribution in [-0.2, 0) is 0 Å². The monoisotopic (exact) mass is 354 g/mol. The molecule has 1 nitrogen and oxygen atoms in total. The van der Waals surface area contributed by atoms with Crippen molar-refractivity contribution < 1.29 is 4.79 Å². The van der Waals surface area contributed by atoms with Gasteiger partial charge in [-0.15, -0.1) is 0 Å². The van der Waals surface area contributed by atoms with Crippen molar-refractivity contribution in [3.05, 3.63) is 74.2 Å². The topological polar surface area (TPSA) is 17.1 Å². The third-order valence-corrected chi connectivity index (χ3v) is 3.83. The number of benzene rings is 2. The average molecular weight is 356 g/mol. The fourth-order valence-electron chi connectivity index (χ4n) is 1.55. The van der Waals surface area contributed by atoms with Crippen molar-refractivity contribution in [2.75, 3.05) is 0 Å². The Morgan fingerprint density at radius 2 is 1.84 bits per heavy atom. The van der Waals surface area contributed by atoms with E-state index in [-0.39, 0.29) is 5.78 Å². The van der Waals surface area contributed by atoms with Crippen molar-refractivity contribution in [1.82, 2.24) is 0 Å². The van der Waals surface area contributed by atoms with Crippen LogP contribution in [0.1, 0.15) is 15.9 Å². The Morgan fingerprint density at radius 1 is 1.11 bits per heavy atom. The number of carbonyl (C=O) groups is 1. The third-order valence-electron chi connectivity index (χ3n) is 2.50. The Bertz CT molecular complexity index is 650. The van der Waals surface area contributed by atoms with Crippen LogP contribution in [0, 0.1) is 0 Å². The molecule has 0 bridgehead atoms.